The number of benzene rings is 1. The Morgan fingerprint density at radius 2 is 2.12 bits per heavy atom. The fourth-order valence-corrected chi connectivity index (χ4v) is 3.27. The summed E-state index contributed by atoms with van der Waals surface area (Å²) >= 11 is 0. The van der Waals surface area contributed by atoms with Crippen LogP contribution in [-0.4, -0.2) is 38.5 Å². The van der Waals surface area contributed by atoms with E-state index >= 15 is 0 Å². The summed E-state index contributed by atoms with van der Waals surface area (Å²) in [7, 11) is 3.27. The van der Waals surface area contributed by atoms with Gasteiger partial charge in [0.1, 0.15) is 5.75 Å². The Morgan fingerprint density at radius 3 is 2.73 bits per heavy atom. The lowest BCUT2D eigenvalue weighted by Crippen LogP contribution is -2.47. The lowest BCUT2D eigenvalue weighted by atomic mass is 9.92. The number of hydrogen-bond acceptors (Lipinski definition) is 5. The smallest absolute Gasteiger partial charge is 0.322 e. The highest BCUT2D eigenvalue weighted by Crippen LogP contribution is 2.34. The number of imide groups is 1. The van der Waals surface area contributed by atoms with Crippen molar-refractivity contribution in [2.24, 2.45) is 7.05 Å². The van der Waals surface area contributed by atoms with Crippen LogP contribution in [0.15, 0.2) is 36.8 Å². The maximum Gasteiger partial charge on any atom is 0.322 e. The van der Waals surface area contributed by atoms with E-state index in [0.29, 0.717) is 16.7 Å². The molecule has 2 aromatic heterocycles. The van der Waals surface area contributed by atoms with Gasteiger partial charge in [-0.1, -0.05) is 0 Å². The third kappa shape index (κ3) is 2.28. The summed E-state index contributed by atoms with van der Waals surface area (Å²) in [6.07, 6.45) is 4.91. The van der Waals surface area contributed by atoms with Gasteiger partial charge in [0.2, 0.25) is 0 Å². The van der Waals surface area contributed by atoms with Gasteiger partial charge in [-0.3, -0.25) is 14.8 Å². The minimum Gasteiger partial charge on any atom is -0.497 e. The molecule has 0 aliphatic carbocycles. The second kappa shape index (κ2) is 5.51. The van der Waals surface area contributed by atoms with E-state index in [9.17, 15) is 14.7 Å². The van der Waals surface area contributed by atoms with Crippen molar-refractivity contribution in [3.63, 3.8) is 0 Å². The number of aromatic nitrogens is 3. The zero-order valence-electron chi connectivity index (χ0n) is 14.2. The number of ether oxygens (including phenoxy) is 1. The van der Waals surface area contributed by atoms with E-state index in [4.69, 9.17) is 4.74 Å². The third-order valence-corrected chi connectivity index (χ3v) is 4.62. The Balaban J connectivity index is 1.82. The molecule has 1 fully saturated rings. The quantitative estimate of drug-likeness (QED) is 0.600. The van der Waals surface area contributed by atoms with Gasteiger partial charge in [0.05, 0.1) is 19.9 Å². The molecule has 9 nitrogen and oxygen atoms in total. The molecule has 0 saturated carbocycles. The highest BCUT2D eigenvalue weighted by atomic mass is 16.5. The van der Waals surface area contributed by atoms with E-state index in [1.54, 1.807) is 43.4 Å². The van der Waals surface area contributed by atoms with Gasteiger partial charge in [-0.05, 0) is 18.2 Å². The van der Waals surface area contributed by atoms with Crippen LogP contribution in [0.25, 0.3) is 10.8 Å². The van der Waals surface area contributed by atoms with Crippen molar-refractivity contribution in [2.75, 3.05) is 7.11 Å². The van der Waals surface area contributed by atoms with Crippen molar-refractivity contribution in [1.29, 1.82) is 0 Å². The summed E-state index contributed by atoms with van der Waals surface area (Å²) in [5.41, 5.74) is -0.833. The normalized spacial score (nSPS) is 19.6. The SMILES string of the molecule is COc1ccc2cn(C[C@@]3(c4cnn(C)c4)NC(=O)NC3=O)c(O)c2c1. The van der Waals surface area contributed by atoms with Gasteiger partial charge in [-0.25, -0.2) is 4.79 Å². The molecule has 1 aliphatic heterocycles. The molecule has 134 valence electrons. The maximum atomic E-state index is 12.6. The summed E-state index contributed by atoms with van der Waals surface area (Å²) in [6.45, 7) is 0.0130. The van der Waals surface area contributed by atoms with Gasteiger partial charge in [0, 0.05) is 35.8 Å². The van der Waals surface area contributed by atoms with Gasteiger partial charge in [0.15, 0.2) is 11.4 Å². The highest BCUT2D eigenvalue weighted by Gasteiger charge is 2.49. The fourth-order valence-electron chi connectivity index (χ4n) is 3.27. The molecule has 1 saturated heterocycles. The Morgan fingerprint density at radius 1 is 1.31 bits per heavy atom. The Hall–Kier alpha value is -3.49. The average Bonchev–Trinajstić information content (AvgIpc) is 3.26. The van der Waals surface area contributed by atoms with E-state index in [-0.39, 0.29) is 12.4 Å². The molecule has 1 aliphatic rings. The van der Waals surface area contributed by atoms with Crippen molar-refractivity contribution in [3.8, 4) is 11.6 Å². The van der Waals surface area contributed by atoms with Crippen molar-refractivity contribution in [2.45, 2.75) is 12.1 Å². The number of aromatic hydroxyl groups is 1. The molecular weight excluding hydrogens is 338 g/mol. The van der Waals surface area contributed by atoms with Crippen LogP contribution in [0.3, 0.4) is 0 Å². The van der Waals surface area contributed by atoms with Crippen molar-refractivity contribution < 1.29 is 19.4 Å². The van der Waals surface area contributed by atoms with Crippen molar-refractivity contribution in [3.05, 3.63) is 42.4 Å². The Kier molecular flexibility index (Phi) is 3.39. The molecule has 1 atom stereocenters. The number of methoxy groups -OCH3 is 1. The van der Waals surface area contributed by atoms with Crippen molar-refractivity contribution >= 4 is 22.7 Å². The largest absolute Gasteiger partial charge is 0.497 e. The minimum atomic E-state index is -1.36. The Labute approximate surface area is 148 Å². The van der Waals surface area contributed by atoms with Gasteiger partial charge in [-0.15, -0.1) is 0 Å². The second-order valence-electron chi connectivity index (χ2n) is 6.25. The third-order valence-electron chi connectivity index (χ3n) is 4.62. The van der Waals surface area contributed by atoms with Crippen LogP contribution in [0, 0.1) is 0 Å². The molecule has 3 N–H and O–H groups in total. The van der Waals surface area contributed by atoms with E-state index in [1.807, 2.05) is 6.07 Å². The predicted molar refractivity (Wildman–Crippen MR) is 91.7 cm³/mol. The standard InChI is InChI=1S/C17H17N5O4/c1-21-8-11(6-18-21)17(15(24)19-16(25)20-17)9-22-7-10-3-4-12(26-2)5-13(10)14(22)23/h3-8,23H,9H2,1-2H3,(H2,19,20,24,25)/t17-/m0/s1. The number of urea groups is 1. The van der Waals surface area contributed by atoms with Crippen LogP contribution >= 0.6 is 0 Å². The van der Waals surface area contributed by atoms with Gasteiger partial charge >= 0.3 is 6.03 Å². The Bertz CT molecular complexity index is 1040. The monoisotopic (exact) mass is 355 g/mol. The molecule has 0 radical (unpaired) electrons. The number of hydrogen-bond donors (Lipinski definition) is 3. The highest BCUT2D eigenvalue weighted by molar-refractivity contribution is 6.07. The lowest BCUT2D eigenvalue weighted by molar-refractivity contribution is -0.124. The molecule has 0 bridgehead atoms. The second-order valence-corrected chi connectivity index (χ2v) is 6.25. The molecule has 1 aromatic carbocycles. The number of carbonyl (C=O) groups is 2. The first-order valence-corrected chi connectivity index (χ1v) is 7.91. The van der Waals surface area contributed by atoms with E-state index in [2.05, 4.69) is 15.7 Å². The van der Waals surface area contributed by atoms with Crippen LogP contribution < -0.4 is 15.4 Å². The van der Waals surface area contributed by atoms with Gasteiger partial charge in [0.25, 0.3) is 5.91 Å². The summed E-state index contributed by atoms with van der Waals surface area (Å²) < 4.78 is 8.27. The molecule has 0 spiro atoms. The zero-order valence-corrected chi connectivity index (χ0v) is 14.2. The van der Waals surface area contributed by atoms with Crippen molar-refractivity contribution in [1.82, 2.24) is 25.0 Å². The number of fused-ring (bicyclic) bond motifs is 1. The first-order chi connectivity index (χ1) is 12.4. The molecule has 3 amide bonds. The van der Waals surface area contributed by atoms with Crippen LogP contribution in [0.4, 0.5) is 4.79 Å². The first kappa shape index (κ1) is 16.0. The maximum absolute atomic E-state index is 12.6. The van der Waals surface area contributed by atoms with Crippen LogP contribution in [-0.2, 0) is 23.9 Å². The van der Waals surface area contributed by atoms with Crippen LogP contribution in [0.2, 0.25) is 0 Å². The summed E-state index contributed by atoms with van der Waals surface area (Å²) in [6, 6.07) is 4.73. The minimum absolute atomic E-state index is 0.0130. The zero-order chi connectivity index (χ0) is 18.5. The topological polar surface area (TPSA) is 110 Å². The number of rotatable bonds is 4. The van der Waals surface area contributed by atoms with E-state index < -0.39 is 17.5 Å². The number of aryl methyl sites for hydroxylation is 1. The molecule has 26 heavy (non-hydrogen) atoms. The summed E-state index contributed by atoms with van der Waals surface area (Å²) in [5.74, 6) is 0.0979. The number of nitrogens with one attached hydrogen (secondary N) is 2. The molecule has 3 aromatic rings. The van der Waals surface area contributed by atoms with E-state index in [0.717, 1.165) is 5.39 Å². The summed E-state index contributed by atoms with van der Waals surface area (Å²) in [4.78, 5) is 24.4. The fraction of sp³-hybridized carbons (Fsp3) is 0.235. The first-order valence-electron chi connectivity index (χ1n) is 7.91. The van der Waals surface area contributed by atoms with Crippen LogP contribution in [0.5, 0.6) is 11.6 Å². The predicted octanol–water partition coefficient (Wildman–Crippen LogP) is 0.824. The van der Waals surface area contributed by atoms with Gasteiger partial charge < -0.3 is 19.7 Å². The lowest BCUT2D eigenvalue weighted by Gasteiger charge is -2.25. The number of carbonyl (C=O) groups excluding carboxylic acids is 2. The number of nitrogens with zero attached hydrogens (tertiary/aromatic N) is 3. The number of amides is 3. The average molecular weight is 355 g/mol. The molecule has 9 heteroatoms. The van der Waals surface area contributed by atoms with Crippen LogP contribution in [0.1, 0.15) is 5.56 Å². The molecule has 0 unspecified atom stereocenters. The molecule has 4 rings (SSSR count). The molecule has 3 heterocycles. The van der Waals surface area contributed by atoms with Gasteiger partial charge in [-0.2, -0.15) is 5.10 Å². The summed E-state index contributed by atoms with van der Waals surface area (Å²) in [5, 5.41) is 21.0. The molecular formula is C17H17N5O4. The van der Waals surface area contributed by atoms with E-state index in [1.165, 1.54) is 10.8 Å².